The number of morpholine rings is 1. The lowest BCUT2D eigenvalue weighted by Crippen LogP contribution is -2.38. The van der Waals surface area contributed by atoms with Gasteiger partial charge in [-0.05, 0) is 42.3 Å². The molecule has 1 fully saturated rings. The Morgan fingerprint density at radius 2 is 2.04 bits per heavy atom. The predicted molar refractivity (Wildman–Crippen MR) is 106 cm³/mol. The molecule has 2 amide bonds. The summed E-state index contributed by atoms with van der Waals surface area (Å²) in [6.07, 6.45) is 0. The van der Waals surface area contributed by atoms with Gasteiger partial charge in [0.2, 0.25) is 0 Å². The molecular formula is C21H26FN3O3. The van der Waals surface area contributed by atoms with Gasteiger partial charge in [-0.25, -0.2) is 9.18 Å². The van der Waals surface area contributed by atoms with Crippen LogP contribution in [0.15, 0.2) is 42.5 Å². The highest BCUT2D eigenvalue weighted by molar-refractivity contribution is 5.89. The topological polar surface area (TPSA) is 62.8 Å². The summed E-state index contributed by atoms with van der Waals surface area (Å²) >= 11 is 0. The molecule has 0 aliphatic carbocycles. The van der Waals surface area contributed by atoms with E-state index in [2.05, 4.69) is 15.5 Å². The van der Waals surface area contributed by atoms with Gasteiger partial charge in [-0.15, -0.1) is 0 Å². The molecule has 0 bridgehead atoms. The number of ether oxygens (including phenoxy) is 2. The number of nitrogens with one attached hydrogen (secondary N) is 2. The van der Waals surface area contributed by atoms with Gasteiger partial charge >= 0.3 is 6.03 Å². The first kappa shape index (κ1) is 20.1. The Morgan fingerprint density at radius 3 is 2.82 bits per heavy atom. The fourth-order valence-corrected chi connectivity index (χ4v) is 2.89. The van der Waals surface area contributed by atoms with Crippen LogP contribution in [0.1, 0.15) is 11.1 Å². The van der Waals surface area contributed by atoms with Gasteiger partial charge in [-0.3, -0.25) is 4.90 Å². The summed E-state index contributed by atoms with van der Waals surface area (Å²) in [5.41, 5.74) is 1.88. The number of hydrogen-bond acceptors (Lipinski definition) is 4. The molecule has 1 aliphatic heterocycles. The van der Waals surface area contributed by atoms with Crippen LogP contribution in [-0.2, 0) is 11.3 Å². The minimum Gasteiger partial charge on any atom is -0.492 e. The number of halogens is 1. The molecule has 0 aromatic heterocycles. The van der Waals surface area contributed by atoms with Gasteiger partial charge in [0.25, 0.3) is 0 Å². The van der Waals surface area contributed by atoms with Crippen LogP contribution in [0.2, 0.25) is 0 Å². The van der Waals surface area contributed by atoms with Crippen molar-refractivity contribution < 1.29 is 18.7 Å². The van der Waals surface area contributed by atoms with E-state index in [4.69, 9.17) is 9.47 Å². The molecule has 2 N–H and O–H groups in total. The molecular weight excluding hydrogens is 361 g/mol. The Labute approximate surface area is 164 Å². The summed E-state index contributed by atoms with van der Waals surface area (Å²) in [5.74, 6) is 0.424. The lowest BCUT2D eigenvalue weighted by Gasteiger charge is -2.26. The van der Waals surface area contributed by atoms with E-state index in [1.165, 1.54) is 6.07 Å². The number of carbonyl (C=O) groups is 1. The van der Waals surface area contributed by atoms with Crippen molar-refractivity contribution in [2.24, 2.45) is 0 Å². The van der Waals surface area contributed by atoms with Crippen molar-refractivity contribution >= 4 is 11.7 Å². The Morgan fingerprint density at radius 1 is 1.21 bits per heavy atom. The average Bonchev–Trinajstić information content (AvgIpc) is 2.70. The van der Waals surface area contributed by atoms with Crippen molar-refractivity contribution in [3.05, 3.63) is 59.4 Å². The fraction of sp³-hybridized carbons (Fsp3) is 0.381. The third kappa shape index (κ3) is 6.21. The number of aryl methyl sites for hydroxylation is 1. The van der Waals surface area contributed by atoms with E-state index in [0.717, 1.165) is 44.2 Å². The standard InChI is InChI=1S/C21H26FN3O3/c1-16-5-6-18(14-20(16)22)24-21(26)23-15-17-3-2-4-19(13-17)28-12-9-25-7-10-27-11-8-25/h2-6,13-14H,7-12,15H2,1H3,(H2,23,24,26). The number of carbonyl (C=O) groups excluding carboxylic acids is 1. The van der Waals surface area contributed by atoms with Crippen molar-refractivity contribution in [1.82, 2.24) is 10.2 Å². The average molecular weight is 387 g/mol. The van der Waals surface area contributed by atoms with E-state index >= 15 is 0 Å². The Bertz CT molecular complexity index is 794. The molecule has 7 heteroatoms. The van der Waals surface area contributed by atoms with Gasteiger partial charge in [-0.1, -0.05) is 18.2 Å². The largest absolute Gasteiger partial charge is 0.492 e. The molecule has 1 aliphatic rings. The van der Waals surface area contributed by atoms with Gasteiger partial charge < -0.3 is 20.1 Å². The molecule has 28 heavy (non-hydrogen) atoms. The summed E-state index contributed by atoms with van der Waals surface area (Å²) < 4.78 is 24.7. The summed E-state index contributed by atoms with van der Waals surface area (Å²) in [5, 5.41) is 5.39. The molecule has 0 saturated carbocycles. The number of hydrogen-bond donors (Lipinski definition) is 2. The minimum atomic E-state index is -0.387. The summed E-state index contributed by atoms with van der Waals surface area (Å²) in [7, 11) is 0. The highest BCUT2D eigenvalue weighted by Gasteiger charge is 2.10. The van der Waals surface area contributed by atoms with E-state index in [0.29, 0.717) is 24.4 Å². The van der Waals surface area contributed by atoms with E-state index in [1.54, 1.807) is 19.1 Å². The zero-order chi connectivity index (χ0) is 19.8. The van der Waals surface area contributed by atoms with Crippen LogP contribution in [0.3, 0.4) is 0 Å². The van der Waals surface area contributed by atoms with Crippen LogP contribution in [0.25, 0.3) is 0 Å². The quantitative estimate of drug-likeness (QED) is 0.766. The normalized spacial score (nSPS) is 14.5. The van der Waals surface area contributed by atoms with Crippen LogP contribution >= 0.6 is 0 Å². The molecule has 0 spiro atoms. The zero-order valence-electron chi connectivity index (χ0n) is 16.0. The second kappa shape index (κ2) is 10.1. The molecule has 2 aromatic rings. The molecule has 6 nitrogen and oxygen atoms in total. The SMILES string of the molecule is Cc1ccc(NC(=O)NCc2cccc(OCCN3CCOCC3)c2)cc1F. The van der Waals surface area contributed by atoms with Crippen LogP contribution in [0.4, 0.5) is 14.9 Å². The smallest absolute Gasteiger partial charge is 0.319 e. The van der Waals surface area contributed by atoms with E-state index < -0.39 is 0 Å². The maximum absolute atomic E-state index is 13.6. The second-order valence-electron chi connectivity index (χ2n) is 6.72. The molecule has 0 unspecified atom stereocenters. The minimum absolute atomic E-state index is 0.347. The van der Waals surface area contributed by atoms with Gasteiger partial charge in [0.05, 0.1) is 13.2 Å². The summed E-state index contributed by atoms with van der Waals surface area (Å²) in [4.78, 5) is 14.3. The Kier molecular flexibility index (Phi) is 7.22. The first-order valence-electron chi connectivity index (χ1n) is 9.43. The molecule has 0 atom stereocenters. The van der Waals surface area contributed by atoms with E-state index in [-0.39, 0.29) is 11.8 Å². The molecule has 150 valence electrons. The molecule has 3 rings (SSSR count). The predicted octanol–water partition coefficient (Wildman–Crippen LogP) is 3.17. The van der Waals surface area contributed by atoms with E-state index in [9.17, 15) is 9.18 Å². The number of urea groups is 1. The molecule has 2 aromatic carbocycles. The first-order valence-corrected chi connectivity index (χ1v) is 9.43. The van der Waals surface area contributed by atoms with Crippen molar-refractivity contribution in [1.29, 1.82) is 0 Å². The zero-order valence-corrected chi connectivity index (χ0v) is 16.0. The number of amides is 2. The van der Waals surface area contributed by atoms with Crippen molar-refractivity contribution in [3.63, 3.8) is 0 Å². The van der Waals surface area contributed by atoms with Crippen molar-refractivity contribution in [3.8, 4) is 5.75 Å². The number of benzene rings is 2. The fourth-order valence-electron chi connectivity index (χ4n) is 2.89. The van der Waals surface area contributed by atoms with Gasteiger partial charge in [0.1, 0.15) is 18.2 Å². The summed E-state index contributed by atoms with van der Waals surface area (Å²) in [6, 6.07) is 11.8. The number of nitrogens with zero attached hydrogens (tertiary/aromatic N) is 1. The van der Waals surface area contributed by atoms with Crippen LogP contribution in [-0.4, -0.2) is 50.4 Å². The van der Waals surface area contributed by atoms with Crippen molar-refractivity contribution in [2.45, 2.75) is 13.5 Å². The van der Waals surface area contributed by atoms with Gasteiger partial charge in [0.15, 0.2) is 0 Å². The van der Waals surface area contributed by atoms with Gasteiger partial charge in [-0.2, -0.15) is 0 Å². The Balaban J connectivity index is 1.43. The van der Waals surface area contributed by atoms with Crippen LogP contribution < -0.4 is 15.4 Å². The van der Waals surface area contributed by atoms with Crippen LogP contribution in [0, 0.1) is 12.7 Å². The maximum Gasteiger partial charge on any atom is 0.319 e. The van der Waals surface area contributed by atoms with Crippen molar-refractivity contribution in [2.75, 3.05) is 44.8 Å². The number of rotatable bonds is 7. The maximum atomic E-state index is 13.6. The number of anilines is 1. The lowest BCUT2D eigenvalue weighted by molar-refractivity contribution is 0.0322. The van der Waals surface area contributed by atoms with Crippen LogP contribution in [0.5, 0.6) is 5.75 Å². The summed E-state index contributed by atoms with van der Waals surface area (Å²) in [6.45, 7) is 6.92. The highest BCUT2D eigenvalue weighted by Crippen LogP contribution is 2.15. The monoisotopic (exact) mass is 387 g/mol. The third-order valence-electron chi connectivity index (χ3n) is 4.56. The highest BCUT2D eigenvalue weighted by atomic mass is 19.1. The molecule has 1 heterocycles. The first-order chi connectivity index (χ1) is 13.6. The van der Waals surface area contributed by atoms with E-state index in [1.807, 2.05) is 24.3 Å². The third-order valence-corrected chi connectivity index (χ3v) is 4.56. The molecule has 0 radical (unpaired) electrons. The molecule has 1 saturated heterocycles. The lowest BCUT2D eigenvalue weighted by atomic mass is 10.2. The Hall–Kier alpha value is -2.64. The second-order valence-corrected chi connectivity index (χ2v) is 6.72. The van der Waals surface area contributed by atoms with Gasteiger partial charge in [0, 0.05) is 31.9 Å².